The van der Waals surface area contributed by atoms with Crippen molar-refractivity contribution in [2.24, 2.45) is 5.10 Å². The highest BCUT2D eigenvalue weighted by Gasteiger charge is 2.18. The predicted molar refractivity (Wildman–Crippen MR) is 112 cm³/mol. The Bertz CT molecular complexity index is 1050. The molecule has 0 amide bonds. The van der Waals surface area contributed by atoms with Gasteiger partial charge in [-0.15, -0.1) is 0 Å². The molecule has 0 bridgehead atoms. The first-order chi connectivity index (χ1) is 14.1. The number of nitriles is 1. The highest BCUT2D eigenvalue weighted by atomic mass is 35.5. The number of ether oxygens (including phenoxy) is 2. The summed E-state index contributed by atoms with van der Waals surface area (Å²) in [6.45, 7) is 0. The fourth-order valence-corrected chi connectivity index (χ4v) is 2.77. The topological polar surface area (TPSA) is 92.4 Å². The maximum absolute atomic E-state index is 9.71. The Labute approximate surface area is 173 Å². The first kappa shape index (κ1) is 20.1. The average molecular weight is 408 g/mol. The summed E-state index contributed by atoms with van der Waals surface area (Å²) in [6, 6.07) is 14.8. The molecule has 29 heavy (non-hydrogen) atoms. The third-order valence-electron chi connectivity index (χ3n) is 4.08. The number of hydrogen-bond donors (Lipinski definition) is 1. The molecule has 2 aromatic carbocycles. The normalized spacial score (nSPS) is 11.7. The minimum atomic E-state index is -0.621. The van der Waals surface area contributed by atoms with Crippen LogP contribution in [-0.4, -0.2) is 30.4 Å². The molecule has 0 fully saturated rings. The second kappa shape index (κ2) is 9.53. The van der Waals surface area contributed by atoms with Crippen molar-refractivity contribution in [2.75, 3.05) is 19.6 Å². The largest absolute Gasteiger partial charge is 0.493 e. The Morgan fingerprint density at radius 3 is 2.55 bits per heavy atom. The van der Waals surface area contributed by atoms with Gasteiger partial charge in [0.25, 0.3) is 0 Å². The molecule has 146 valence electrons. The van der Waals surface area contributed by atoms with Crippen LogP contribution in [0.2, 0.25) is 5.02 Å². The summed E-state index contributed by atoms with van der Waals surface area (Å²) < 4.78 is 10.6. The number of rotatable bonds is 7. The summed E-state index contributed by atoms with van der Waals surface area (Å²) in [7, 11) is 3.11. The van der Waals surface area contributed by atoms with Crippen molar-refractivity contribution in [3.8, 4) is 17.6 Å². The van der Waals surface area contributed by atoms with Crippen LogP contribution < -0.4 is 14.9 Å². The number of methoxy groups -OCH3 is 2. The molecule has 1 N–H and O–H groups in total. The fourth-order valence-electron chi connectivity index (χ4n) is 2.64. The van der Waals surface area contributed by atoms with Gasteiger partial charge in [0.1, 0.15) is 5.92 Å². The number of halogens is 1. The minimum Gasteiger partial charge on any atom is -0.493 e. The van der Waals surface area contributed by atoms with E-state index in [4.69, 9.17) is 21.1 Å². The van der Waals surface area contributed by atoms with Crippen molar-refractivity contribution in [3.05, 3.63) is 76.7 Å². The van der Waals surface area contributed by atoms with E-state index in [-0.39, 0.29) is 0 Å². The smallest absolute Gasteiger partial charge is 0.165 e. The molecule has 1 heterocycles. The highest BCUT2D eigenvalue weighted by molar-refractivity contribution is 6.30. The Balaban J connectivity index is 1.80. The van der Waals surface area contributed by atoms with E-state index in [1.807, 2.05) is 12.1 Å². The lowest BCUT2D eigenvalue weighted by molar-refractivity contribution is 0.354. The van der Waals surface area contributed by atoms with Crippen LogP contribution in [0.3, 0.4) is 0 Å². The lowest BCUT2D eigenvalue weighted by Crippen LogP contribution is -2.05. The summed E-state index contributed by atoms with van der Waals surface area (Å²) in [6.07, 6.45) is 4.73. The molecule has 3 aromatic rings. The monoisotopic (exact) mass is 407 g/mol. The number of aromatic nitrogens is 2. The van der Waals surface area contributed by atoms with Crippen LogP contribution in [0.1, 0.15) is 22.7 Å². The van der Waals surface area contributed by atoms with Crippen LogP contribution in [0.4, 0.5) is 5.82 Å². The first-order valence-electron chi connectivity index (χ1n) is 8.62. The van der Waals surface area contributed by atoms with Gasteiger partial charge in [0, 0.05) is 5.02 Å². The van der Waals surface area contributed by atoms with Crippen LogP contribution in [0.25, 0.3) is 0 Å². The van der Waals surface area contributed by atoms with Gasteiger partial charge >= 0.3 is 0 Å². The summed E-state index contributed by atoms with van der Waals surface area (Å²) in [5.41, 5.74) is 4.92. The van der Waals surface area contributed by atoms with Crippen LogP contribution in [0.5, 0.6) is 11.5 Å². The molecule has 1 atom stereocenters. The zero-order valence-electron chi connectivity index (χ0n) is 15.8. The SMILES string of the molecule is COc1ccc(C(C#N)c2cncc(N/N=C/c3ccc(Cl)cc3)n2)cc1OC. The van der Waals surface area contributed by atoms with Crippen molar-refractivity contribution in [3.63, 3.8) is 0 Å². The first-order valence-corrected chi connectivity index (χ1v) is 9.00. The number of hydrogen-bond acceptors (Lipinski definition) is 7. The van der Waals surface area contributed by atoms with Crippen molar-refractivity contribution in [2.45, 2.75) is 5.92 Å². The van der Waals surface area contributed by atoms with Crippen LogP contribution in [0, 0.1) is 11.3 Å². The maximum atomic E-state index is 9.71. The number of anilines is 1. The molecular formula is C21H18ClN5O2. The van der Waals surface area contributed by atoms with E-state index in [2.05, 4.69) is 26.6 Å². The molecule has 1 aromatic heterocycles. The van der Waals surface area contributed by atoms with E-state index >= 15 is 0 Å². The zero-order valence-corrected chi connectivity index (χ0v) is 16.6. The second-order valence-corrected chi connectivity index (χ2v) is 6.36. The Morgan fingerprint density at radius 2 is 1.86 bits per heavy atom. The summed E-state index contributed by atoms with van der Waals surface area (Å²) >= 11 is 5.87. The molecule has 0 radical (unpaired) electrons. The van der Waals surface area contributed by atoms with Crippen LogP contribution in [-0.2, 0) is 0 Å². The molecule has 0 saturated heterocycles. The molecule has 0 spiro atoms. The van der Waals surface area contributed by atoms with Gasteiger partial charge in [-0.3, -0.25) is 10.4 Å². The molecule has 3 rings (SSSR count). The van der Waals surface area contributed by atoms with Gasteiger partial charge < -0.3 is 9.47 Å². The van der Waals surface area contributed by atoms with E-state index in [0.717, 1.165) is 11.1 Å². The molecule has 0 aliphatic heterocycles. The maximum Gasteiger partial charge on any atom is 0.165 e. The summed E-state index contributed by atoms with van der Waals surface area (Å²) in [5, 5.41) is 14.5. The molecule has 8 heteroatoms. The van der Waals surface area contributed by atoms with Crippen LogP contribution >= 0.6 is 11.6 Å². The number of nitrogens with one attached hydrogen (secondary N) is 1. The molecule has 1 unspecified atom stereocenters. The standard InChI is InChI=1S/C21H18ClN5O2/c1-28-19-8-5-15(9-20(19)29-2)17(10-23)18-12-24-13-21(26-18)27-25-11-14-3-6-16(22)7-4-14/h3-9,11-13,17H,1-2H3,(H,26,27)/b25-11+. The zero-order chi connectivity index (χ0) is 20.6. The third-order valence-corrected chi connectivity index (χ3v) is 4.33. The van der Waals surface area contributed by atoms with E-state index in [0.29, 0.717) is 28.0 Å². The van der Waals surface area contributed by atoms with Crippen LogP contribution in [0.15, 0.2) is 60.0 Å². The van der Waals surface area contributed by atoms with Crippen molar-refractivity contribution in [1.82, 2.24) is 9.97 Å². The lowest BCUT2D eigenvalue weighted by Gasteiger charge is -2.13. The van der Waals surface area contributed by atoms with E-state index in [1.165, 1.54) is 6.20 Å². The van der Waals surface area contributed by atoms with Gasteiger partial charge in [0.2, 0.25) is 0 Å². The third kappa shape index (κ3) is 5.00. The predicted octanol–water partition coefficient (Wildman–Crippen LogP) is 4.25. The Morgan fingerprint density at radius 1 is 1.10 bits per heavy atom. The van der Waals surface area contributed by atoms with E-state index < -0.39 is 5.92 Å². The minimum absolute atomic E-state index is 0.424. The van der Waals surface area contributed by atoms with Crippen molar-refractivity contribution >= 4 is 23.6 Å². The van der Waals surface area contributed by atoms with Gasteiger partial charge in [0.05, 0.1) is 44.6 Å². The number of nitrogens with zero attached hydrogens (tertiary/aromatic N) is 4. The van der Waals surface area contributed by atoms with Gasteiger partial charge in [-0.25, -0.2) is 4.98 Å². The lowest BCUT2D eigenvalue weighted by atomic mass is 9.97. The second-order valence-electron chi connectivity index (χ2n) is 5.93. The van der Waals surface area contributed by atoms with E-state index in [1.54, 1.807) is 57.0 Å². The van der Waals surface area contributed by atoms with Gasteiger partial charge in [-0.2, -0.15) is 10.4 Å². The fraction of sp³-hybridized carbons (Fsp3) is 0.143. The Kier molecular flexibility index (Phi) is 6.61. The van der Waals surface area contributed by atoms with Gasteiger partial charge in [0.15, 0.2) is 17.3 Å². The Hall–Kier alpha value is -3.63. The molecular weight excluding hydrogens is 390 g/mol. The average Bonchev–Trinajstić information content (AvgIpc) is 2.76. The summed E-state index contributed by atoms with van der Waals surface area (Å²) in [4.78, 5) is 8.63. The quantitative estimate of drug-likeness (QED) is 0.465. The highest BCUT2D eigenvalue weighted by Crippen LogP contribution is 2.32. The van der Waals surface area contributed by atoms with Gasteiger partial charge in [-0.1, -0.05) is 29.8 Å². The van der Waals surface area contributed by atoms with Crippen molar-refractivity contribution in [1.29, 1.82) is 5.26 Å². The molecule has 7 nitrogen and oxygen atoms in total. The number of hydrazone groups is 1. The molecule has 0 aliphatic rings. The summed E-state index contributed by atoms with van der Waals surface area (Å²) in [5.74, 6) is 0.934. The van der Waals surface area contributed by atoms with E-state index in [9.17, 15) is 5.26 Å². The number of benzene rings is 2. The molecule has 0 aliphatic carbocycles. The molecule has 0 saturated carbocycles. The van der Waals surface area contributed by atoms with Crippen molar-refractivity contribution < 1.29 is 9.47 Å². The van der Waals surface area contributed by atoms with Gasteiger partial charge in [-0.05, 0) is 35.4 Å².